The van der Waals surface area contributed by atoms with E-state index in [1.54, 1.807) is 6.08 Å². The quantitative estimate of drug-likeness (QED) is 0.243. The molecule has 0 aliphatic heterocycles. The van der Waals surface area contributed by atoms with Gasteiger partial charge >= 0.3 is 11.9 Å². The first-order chi connectivity index (χ1) is 15.0. The number of rotatable bonds is 12. The summed E-state index contributed by atoms with van der Waals surface area (Å²) < 4.78 is 15.9. The van der Waals surface area contributed by atoms with E-state index in [9.17, 15) is 9.59 Å². The number of hydrogen-bond donors (Lipinski definition) is 0. The van der Waals surface area contributed by atoms with E-state index in [2.05, 4.69) is 29.0 Å². The summed E-state index contributed by atoms with van der Waals surface area (Å²) in [4.78, 5) is 22.6. The van der Waals surface area contributed by atoms with Crippen molar-refractivity contribution < 1.29 is 23.8 Å². The minimum Gasteiger partial charge on any atom is -0.466 e. The van der Waals surface area contributed by atoms with Crippen LogP contribution in [0.15, 0.2) is 30.3 Å². The minimum absolute atomic E-state index is 0.0435. The first-order valence-electron chi connectivity index (χ1n) is 11.6. The fourth-order valence-electron chi connectivity index (χ4n) is 3.82. The molecule has 0 heterocycles. The third-order valence-electron chi connectivity index (χ3n) is 5.80. The van der Waals surface area contributed by atoms with Crippen molar-refractivity contribution in [1.82, 2.24) is 0 Å². The van der Waals surface area contributed by atoms with Crippen molar-refractivity contribution in [3.05, 3.63) is 41.5 Å². The molecule has 2 rings (SSSR count). The molecule has 0 atom stereocenters. The molecule has 1 aromatic carbocycles. The van der Waals surface area contributed by atoms with Gasteiger partial charge in [-0.25, -0.2) is 4.79 Å². The maximum absolute atomic E-state index is 11.4. The molecule has 0 bridgehead atoms. The first kappa shape index (κ1) is 25.1. The first-order valence-corrected chi connectivity index (χ1v) is 11.6. The molecule has 5 nitrogen and oxygen atoms in total. The normalized spacial score (nSPS) is 19.0. The van der Waals surface area contributed by atoms with Crippen LogP contribution in [0.2, 0.25) is 0 Å². The molecule has 0 saturated heterocycles. The lowest BCUT2D eigenvalue weighted by Gasteiger charge is -2.29. The summed E-state index contributed by atoms with van der Waals surface area (Å²) in [5.41, 5.74) is 2.37. The predicted molar refractivity (Wildman–Crippen MR) is 123 cm³/mol. The molecular formula is C26H38O5. The molecule has 5 heteroatoms. The van der Waals surface area contributed by atoms with Crippen LogP contribution in [-0.4, -0.2) is 38.4 Å². The molecule has 1 aromatic rings. The Morgan fingerprint density at radius 3 is 2.23 bits per heavy atom. The highest BCUT2D eigenvalue weighted by Gasteiger charge is 2.22. The van der Waals surface area contributed by atoms with Gasteiger partial charge in [-0.2, -0.15) is 0 Å². The van der Waals surface area contributed by atoms with Crippen LogP contribution >= 0.6 is 0 Å². The molecular weight excluding hydrogens is 392 g/mol. The van der Waals surface area contributed by atoms with Crippen LogP contribution in [0.1, 0.15) is 82.3 Å². The molecule has 0 radical (unpaired) electrons. The van der Waals surface area contributed by atoms with Crippen molar-refractivity contribution >= 4 is 18.0 Å². The number of hydrogen-bond acceptors (Lipinski definition) is 5. The Hall–Kier alpha value is -2.14. The third kappa shape index (κ3) is 9.69. The average Bonchev–Trinajstić information content (AvgIpc) is 2.79. The molecule has 0 aromatic heterocycles. The molecule has 0 N–H and O–H groups in total. The second-order valence-electron chi connectivity index (χ2n) is 8.60. The van der Waals surface area contributed by atoms with E-state index in [-0.39, 0.29) is 17.9 Å². The monoisotopic (exact) mass is 430 g/mol. The van der Waals surface area contributed by atoms with Crippen LogP contribution in [-0.2, 0) is 23.8 Å². The SMILES string of the molecule is COC(=O)/C=C/c1ccc(C2CCC(OCCCCCCOC(=O)C(C)C)CC2)cc1. The number of esters is 2. The lowest BCUT2D eigenvalue weighted by atomic mass is 9.82. The number of carbonyl (C=O) groups is 2. The van der Waals surface area contributed by atoms with Gasteiger partial charge < -0.3 is 14.2 Å². The minimum atomic E-state index is -0.338. The summed E-state index contributed by atoms with van der Waals surface area (Å²) >= 11 is 0. The van der Waals surface area contributed by atoms with Crippen LogP contribution in [0.5, 0.6) is 0 Å². The molecule has 172 valence electrons. The van der Waals surface area contributed by atoms with Crippen LogP contribution in [0.25, 0.3) is 6.08 Å². The highest BCUT2D eigenvalue weighted by Crippen LogP contribution is 2.34. The summed E-state index contributed by atoms with van der Waals surface area (Å²) in [7, 11) is 1.38. The molecule has 1 saturated carbocycles. The zero-order chi connectivity index (χ0) is 22.5. The molecule has 31 heavy (non-hydrogen) atoms. The van der Waals surface area contributed by atoms with Gasteiger partial charge in [-0.15, -0.1) is 0 Å². The maximum Gasteiger partial charge on any atom is 0.330 e. The summed E-state index contributed by atoms with van der Waals surface area (Å²) in [6.45, 7) is 5.07. The highest BCUT2D eigenvalue weighted by atomic mass is 16.5. The molecule has 1 fully saturated rings. The lowest BCUT2D eigenvalue weighted by molar-refractivity contribution is -0.147. The molecule has 0 amide bonds. The Morgan fingerprint density at radius 2 is 1.61 bits per heavy atom. The number of carbonyl (C=O) groups excluding carboxylic acids is 2. The van der Waals surface area contributed by atoms with Gasteiger partial charge in [0.25, 0.3) is 0 Å². The maximum atomic E-state index is 11.4. The van der Waals surface area contributed by atoms with Gasteiger partial charge in [-0.1, -0.05) is 44.5 Å². The Labute approximate surface area is 187 Å². The predicted octanol–water partition coefficient (Wildman–Crippen LogP) is 5.68. The number of benzene rings is 1. The topological polar surface area (TPSA) is 61.8 Å². The molecule has 1 aliphatic carbocycles. The van der Waals surface area contributed by atoms with E-state index in [1.807, 2.05) is 13.8 Å². The summed E-state index contributed by atoms with van der Waals surface area (Å²) in [5.74, 6) is 0.102. The van der Waals surface area contributed by atoms with Gasteiger partial charge in [0.15, 0.2) is 0 Å². The summed E-state index contributed by atoms with van der Waals surface area (Å²) in [6, 6.07) is 8.45. The number of unbranched alkanes of at least 4 members (excludes halogenated alkanes) is 3. The molecule has 0 spiro atoms. The van der Waals surface area contributed by atoms with E-state index in [0.717, 1.165) is 63.5 Å². The Balaban J connectivity index is 1.56. The van der Waals surface area contributed by atoms with Crippen molar-refractivity contribution in [1.29, 1.82) is 0 Å². The van der Waals surface area contributed by atoms with E-state index in [1.165, 1.54) is 18.7 Å². The van der Waals surface area contributed by atoms with Gasteiger partial charge in [0.2, 0.25) is 0 Å². The van der Waals surface area contributed by atoms with Crippen LogP contribution in [0, 0.1) is 5.92 Å². The zero-order valence-electron chi connectivity index (χ0n) is 19.3. The van der Waals surface area contributed by atoms with E-state index < -0.39 is 0 Å². The van der Waals surface area contributed by atoms with Gasteiger partial charge in [-0.05, 0) is 68.1 Å². The second-order valence-corrected chi connectivity index (χ2v) is 8.60. The van der Waals surface area contributed by atoms with E-state index in [4.69, 9.17) is 9.47 Å². The average molecular weight is 431 g/mol. The van der Waals surface area contributed by atoms with E-state index in [0.29, 0.717) is 18.6 Å². The van der Waals surface area contributed by atoms with Crippen molar-refractivity contribution in [3.8, 4) is 0 Å². The Bertz CT molecular complexity index is 684. The fraction of sp³-hybridized carbons (Fsp3) is 0.615. The van der Waals surface area contributed by atoms with E-state index >= 15 is 0 Å². The van der Waals surface area contributed by atoms with Crippen molar-refractivity contribution in [2.75, 3.05) is 20.3 Å². The number of methoxy groups -OCH3 is 1. The van der Waals surface area contributed by atoms with Gasteiger partial charge in [0, 0.05) is 12.7 Å². The molecule has 1 aliphatic rings. The third-order valence-corrected chi connectivity index (χ3v) is 5.80. The van der Waals surface area contributed by atoms with Crippen molar-refractivity contribution in [3.63, 3.8) is 0 Å². The van der Waals surface area contributed by atoms with Crippen molar-refractivity contribution in [2.24, 2.45) is 5.92 Å². The molecule has 0 unspecified atom stereocenters. The van der Waals surface area contributed by atoms with Crippen LogP contribution < -0.4 is 0 Å². The van der Waals surface area contributed by atoms with Crippen LogP contribution in [0.3, 0.4) is 0 Å². The number of ether oxygens (including phenoxy) is 3. The van der Waals surface area contributed by atoms with Gasteiger partial charge in [0.05, 0.1) is 25.7 Å². The van der Waals surface area contributed by atoms with Crippen molar-refractivity contribution in [2.45, 2.75) is 77.2 Å². The van der Waals surface area contributed by atoms with Gasteiger partial charge in [-0.3, -0.25) is 4.79 Å². The summed E-state index contributed by atoms with van der Waals surface area (Å²) in [5, 5.41) is 0. The Kier molecular flexibility index (Phi) is 11.4. The summed E-state index contributed by atoms with van der Waals surface area (Å²) in [6.07, 6.45) is 12.3. The standard InChI is InChI=1S/C26H38O5/c1-20(2)26(28)31-19-7-5-4-6-18-30-24-15-13-23(14-16-24)22-11-8-21(9-12-22)10-17-25(27)29-3/h8-12,17,20,23-24H,4-7,13-16,18-19H2,1-3H3/b17-10+. The smallest absolute Gasteiger partial charge is 0.330 e. The largest absolute Gasteiger partial charge is 0.466 e. The lowest BCUT2D eigenvalue weighted by Crippen LogP contribution is -2.21. The zero-order valence-corrected chi connectivity index (χ0v) is 19.3. The second kappa shape index (κ2) is 14.0. The fourth-order valence-corrected chi connectivity index (χ4v) is 3.82. The van der Waals surface area contributed by atoms with Crippen LogP contribution in [0.4, 0.5) is 0 Å². The highest BCUT2D eigenvalue weighted by molar-refractivity contribution is 5.86. The Morgan fingerprint density at radius 1 is 0.968 bits per heavy atom. The van der Waals surface area contributed by atoms with Gasteiger partial charge in [0.1, 0.15) is 0 Å².